The molecular weight excluding hydrogens is 160 g/mol. The molecular formula is C8H20O4. The van der Waals surface area contributed by atoms with E-state index in [-0.39, 0.29) is 6.61 Å². The monoisotopic (exact) mass is 180 g/mol. The van der Waals surface area contributed by atoms with Crippen molar-refractivity contribution < 1.29 is 20.1 Å². The smallest absolute Gasteiger partial charge is 0.103 e. The van der Waals surface area contributed by atoms with E-state index in [9.17, 15) is 0 Å². The second kappa shape index (κ2) is 10.8. The maximum atomic E-state index is 8.44. The zero-order chi connectivity index (χ0) is 9.98. The fraction of sp³-hybridized carbons (Fsp3) is 1.00. The third-order valence-corrected chi connectivity index (χ3v) is 1.15. The molecule has 0 fully saturated rings. The predicted molar refractivity (Wildman–Crippen MR) is 46.9 cm³/mol. The molecule has 0 aromatic carbocycles. The van der Waals surface area contributed by atoms with E-state index in [0.717, 1.165) is 13.2 Å². The first-order valence-corrected chi connectivity index (χ1v) is 4.14. The third kappa shape index (κ3) is 12.5. The van der Waals surface area contributed by atoms with Crippen molar-refractivity contribution in [2.75, 3.05) is 19.8 Å². The third-order valence-electron chi connectivity index (χ3n) is 1.15. The molecule has 0 radical (unpaired) electrons. The average Bonchev–Trinajstić information content (AvgIpc) is 2.05. The van der Waals surface area contributed by atoms with Crippen molar-refractivity contribution >= 4 is 0 Å². The number of aliphatic hydroxyl groups is 3. The van der Waals surface area contributed by atoms with Crippen LogP contribution in [0.3, 0.4) is 0 Å². The number of hydrogen-bond donors (Lipinski definition) is 3. The second-order valence-corrected chi connectivity index (χ2v) is 2.27. The van der Waals surface area contributed by atoms with Gasteiger partial charge in [-0.3, -0.25) is 0 Å². The Morgan fingerprint density at radius 1 is 1.17 bits per heavy atom. The highest BCUT2D eigenvalue weighted by molar-refractivity contribution is 4.57. The molecule has 4 nitrogen and oxygen atoms in total. The first-order valence-electron chi connectivity index (χ1n) is 4.14. The molecule has 2 atom stereocenters. The zero-order valence-corrected chi connectivity index (χ0v) is 8.03. The minimum atomic E-state index is -0.986. The molecule has 3 N–H and O–H groups in total. The van der Waals surface area contributed by atoms with Gasteiger partial charge in [-0.05, 0) is 20.8 Å². The first kappa shape index (κ1) is 14.4. The highest BCUT2D eigenvalue weighted by Crippen LogP contribution is 1.87. The topological polar surface area (TPSA) is 69.9 Å². The van der Waals surface area contributed by atoms with Crippen molar-refractivity contribution in [3.8, 4) is 0 Å². The number of hydrogen-bond acceptors (Lipinski definition) is 4. The zero-order valence-electron chi connectivity index (χ0n) is 8.03. The van der Waals surface area contributed by atoms with Crippen LogP contribution in [0.25, 0.3) is 0 Å². The van der Waals surface area contributed by atoms with Crippen LogP contribution >= 0.6 is 0 Å². The largest absolute Gasteiger partial charge is 0.394 e. The van der Waals surface area contributed by atoms with Crippen molar-refractivity contribution in [2.45, 2.75) is 33.0 Å². The molecule has 0 aliphatic heterocycles. The molecule has 0 aromatic rings. The van der Waals surface area contributed by atoms with Crippen LogP contribution < -0.4 is 0 Å². The van der Waals surface area contributed by atoms with Gasteiger partial charge in [0.05, 0.1) is 12.7 Å². The van der Waals surface area contributed by atoms with Gasteiger partial charge < -0.3 is 20.1 Å². The molecule has 0 amide bonds. The molecule has 76 valence electrons. The minimum Gasteiger partial charge on any atom is -0.394 e. The Kier molecular flexibility index (Phi) is 13.0. The molecule has 2 unspecified atom stereocenters. The van der Waals surface area contributed by atoms with Crippen molar-refractivity contribution in [1.82, 2.24) is 0 Å². The fourth-order valence-corrected chi connectivity index (χ4v) is 0.357. The standard InChI is InChI=1S/C4H10O3.C4H10O/c1-3(6)4(7)2-5;1-3-5-4-2/h3-7H,2H2,1H3;3-4H2,1-2H3. The Morgan fingerprint density at radius 2 is 1.58 bits per heavy atom. The second-order valence-electron chi connectivity index (χ2n) is 2.27. The lowest BCUT2D eigenvalue weighted by molar-refractivity contribution is -0.00425. The van der Waals surface area contributed by atoms with Gasteiger partial charge in [0.2, 0.25) is 0 Å². The lowest BCUT2D eigenvalue weighted by Crippen LogP contribution is -2.25. The SMILES string of the molecule is CC(O)C(O)CO.CCOCC. The lowest BCUT2D eigenvalue weighted by atomic mass is 10.2. The molecule has 0 saturated heterocycles. The minimum absolute atomic E-state index is 0.377. The van der Waals surface area contributed by atoms with Crippen LogP contribution in [0.4, 0.5) is 0 Å². The molecule has 4 heteroatoms. The quantitative estimate of drug-likeness (QED) is 0.558. The Morgan fingerprint density at radius 3 is 1.58 bits per heavy atom. The molecule has 0 aliphatic rings. The van der Waals surface area contributed by atoms with Gasteiger partial charge >= 0.3 is 0 Å². The number of ether oxygens (including phenoxy) is 1. The van der Waals surface area contributed by atoms with Gasteiger partial charge in [-0.15, -0.1) is 0 Å². The summed E-state index contributed by atoms with van der Waals surface area (Å²) in [4.78, 5) is 0. The lowest BCUT2D eigenvalue weighted by Gasteiger charge is -2.07. The first-order chi connectivity index (χ1) is 5.59. The van der Waals surface area contributed by atoms with E-state index < -0.39 is 12.2 Å². The Hall–Kier alpha value is -0.160. The summed E-state index contributed by atoms with van der Waals surface area (Å²) in [5.74, 6) is 0. The summed E-state index contributed by atoms with van der Waals surface area (Å²) in [5.41, 5.74) is 0. The van der Waals surface area contributed by atoms with Gasteiger partial charge in [0.15, 0.2) is 0 Å². The normalized spacial score (nSPS) is 14.5. The van der Waals surface area contributed by atoms with Crippen molar-refractivity contribution in [3.63, 3.8) is 0 Å². The summed E-state index contributed by atoms with van der Waals surface area (Å²) in [5, 5.41) is 24.9. The van der Waals surface area contributed by atoms with Gasteiger partial charge in [0.1, 0.15) is 6.10 Å². The van der Waals surface area contributed by atoms with E-state index in [1.54, 1.807) is 0 Å². The van der Waals surface area contributed by atoms with E-state index >= 15 is 0 Å². The van der Waals surface area contributed by atoms with Gasteiger partial charge in [-0.2, -0.15) is 0 Å². The van der Waals surface area contributed by atoms with Crippen LogP contribution in [0.5, 0.6) is 0 Å². The van der Waals surface area contributed by atoms with Crippen LogP contribution in [-0.2, 0) is 4.74 Å². The highest BCUT2D eigenvalue weighted by atomic mass is 16.5. The summed E-state index contributed by atoms with van der Waals surface area (Å²) in [6.45, 7) is 6.71. The Labute approximate surface area is 73.8 Å². The van der Waals surface area contributed by atoms with Crippen LogP contribution in [0.15, 0.2) is 0 Å². The summed E-state index contributed by atoms with van der Waals surface area (Å²) in [6.07, 6.45) is -1.81. The maximum absolute atomic E-state index is 8.44. The fourth-order valence-electron chi connectivity index (χ4n) is 0.357. The number of rotatable bonds is 4. The van der Waals surface area contributed by atoms with Crippen molar-refractivity contribution in [2.24, 2.45) is 0 Å². The summed E-state index contributed by atoms with van der Waals surface area (Å²) >= 11 is 0. The van der Waals surface area contributed by atoms with Gasteiger partial charge in [0, 0.05) is 13.2 Å². The van der Waals surface area contributed by atoms with Gasteiger partial charge in [0.25, 0.3) is 0 Å². The molecule has 0 heterocycles. The molecule has 12 heavy (non-hydrogen) atoms. The number of aliphatic hydroxyl groups excluding tert-OH is 3. The highest BCUT2D eigenvalue weighted by Gasteiger charge is 2.06. The van der Waals surface area contributed by atoms with E-state index in [1.807, 2.05) is 13.8 Å². The molecule has 0 rings (SSSR count). The molecule has 0 aliphatic carbocycles. The van der Waals surface area contributed by atoms with Crippen LogP contribution in [0, 0.1) is 0 Å². The summed E-state index contributed by atoms with van der Waals surface area (Å²) in [7, 11) is 0. The molecule has 0 bridgehead atoms. The van der Waals surface area contributed by atoms with Crippen LogP contribution in [0.2, 0.25) is 0 Å². The maximum Gasteiger partial charge on any atom is 0.103 e. The van der Waals surface area contributed by atoms with E-state index in [2.05, 4.69) is 0 Å². The average molecular weight is 180 g/mol. The van der Waals surface area contributed by atoms with E-state index in [0.29, 0.717) is 0 Å². The van der Waals surface area contributed by atoms with Gasteiger partial charge in [-0.1, -0.05) is 0 Å². The Bertz CT molecular complexity index is 73.5. The molecule has 0 saturated carbocycles. The van der Waals surface area contributed by atoms with Crippen molar-refractivity contribution in [1.29, 1.82) is 0 Å². The predicted octanol–water partition coefficient (Wildman–Crippen LogP) is -0.237. The van der Waals surface area contributed by atoms with E-state index in [1.165, 1.54) is 6.92 Å². The van der Waals surface area contributed by atoms with Crippen LogP contribution in [-0.4, -0.2) is 47.3 Å². The van der Waals surface area contributed by atoms with Crippen molar-refractivity contribution in [3.05, 3.63) is 0 Å². The molecule has 0 spiro atoms. The van der Waals surface area contributed by atoms with Gasteiger partial charge in [-0.25, -0.2) is 0 Å². The van der Waals surface area contributed by atoms with Crippen LogP contribution in [0.1, 0.15) is 20.8 Å². The summed E-state index contributed by atoms with van der Waals surface area (Å²) in [6, 6.07) is 0. The van der Waals surface area contributed by atoms with E-state index in [4.69, 9.17) is 20.1 Å². The summed E-state index contributed by atoms with van der Waals surface area (Å²) < 4.78 is 4.83. The molecule has 0 aromatic heterocycles. The Balaban J connectivity index is 0.